The number of pyridine rings is 1. The third-order valence-corrected chi connectivity index (χ3v) is 5.03. The van der Waals surface area contributed by atoms with Gasteiger partial charge in [0.05, 0.1) is 5.69 Å². The summed E-state index contributed by atoms with van der Waals surface area (Å²) in [5, 5.41) is 0. The average Bonchev–Trinajstić information content (AvgIpc) is 3.01. The monoisotopic (exact) mass is 383 g/mol. The molecule has 1 aliphatic carbocycles. The van der Waals surface area contributed by atoms with Crippen molar-refractivity contribution in [3.05, 3.63) is 101 Å². The van der Waals surface area contributed by atoms with E-state index >= 15 is 0 Å². The van der Waals surface area contributed by atoms with Gasteiger partial charge in [-0.1, -0.05) is 62.1 Å². The minimum absolute atomic E-state index is 0.101. The van der Waals surface area contributed by atoms with Crippen molar-refractivity contribution in [3.63, 3.8) is 0 Å². The Balaban J connectivity index is 1.86. The van der Waals surface area contributed by atoms with E-state index < -0.39 is 5.92 Å². The molecule has 0 amide bonds. The van der Waals surface area contributed by atoms with Gasteiger partial charge >= 0.3 is 0 Å². The van der Waals surface area contributed by atoms with Crippen LogP contribution in [0.25, 0.3) is 11.6 Å². The number of benzene rings is 1. The van der Waals surface area contributed by atoms with Crippen LogP contribution in [0.15, 0.2) is 90.2 Å². The summed E-state index contributed by atoms with van der Waals surface area (Å²) in [5.74, 6) is -1.07. The lowest BCUT2D eigenvalue weighted by Gasteiger charge is -2.13. The number of hydrogen-bond acceptors (Lipinski definition) is 3. The SMILES string of the molecule is C=C(/C(C)=C\C(=C/CC)c1ccccc1)C1C(=O)C/C(=C\c2ccccn2)C1=O. The van der Waals surface area contributed by atoms with E-state index in [0.717, 1.165) is 23.1 Å². The molecule has 1 aliphatic rings. The van der Waals surface area contributed by atoms with Crippen LogP contribution in [0.1, 0.15) is 37.9 Å². The third kappa shape index (κ3) is 4.75. The fourth-order valence-corrected chi connectivity index (χ4v) is 3.49. The molecule has 0 spiro atoms. The number of aromatic nitrogens is 1. The molecule has 1 fully saturated rings. The van der Waals surface area contributed by atoms with E-state index in [2.05, 4.69) is 24.6 Å². The molecule has 3 rings (SSSR count). The summed E-state index contributed by atoms with van der Waals surface area (Å²) in [4.78, 5) is 29.8. The van der Waals surface area contributed by atoms with Gasteiger partial charge in [0.1, 0.15) is 5.92 Å². The van der Waals surface area contributed by atoms with Gasteiger partial charge in [0.2, 0.25) is 0 Å². The van der Waals surface area contributed by atoms with Crippen LogP contribution in [0.3, 0.4) is 0 Å². The number of rotatable bonds is 6. The summed E-state index contributed by atoms with van der Waals surface area (Å²) in [7, 11) is 0. The average molecular weight is 383 g/mol. The molecule has 146 valence electrons. The number of nitrogens with zero attached hydrogens (tertiary/aromatic N) is 1. The van der Waals surface area contributed by atoms with Crippen LogP contribution in [0.4, 0.5) is 0 Å². The van der Waals surface area contributed by atoms with E-state index in [9.17, 15) is 9.59 Å². The summed E-state index contributed by atoms with van der Waals surface area (Å²) < 4.78 is 0. The van der Waals surface area contributed by atoms with Gasteiger partial charge < -0.3 is 0 Å². The lowest BCUT2D eigenvalue weighted by Crippen LogP contribution is -2.17. The highest BCUT2D eigenvalue weighted by molar-refractivity contribution is 6.23. The predicted molar refractivity (Wildman–Crippen MR) is 118 cm³/mol. The Hall–Kier alpha value is -3.33. The van der Waals surface area contributed by atoms with Gasteiger partial charge in [0.25, 0.3) is 0 Å². The molecule has 1 heterocycles. The van der Waals surface area contributed by atoms with Crippen LogP contribution >= 0.6 is 0 Å². The molecule has 29 heavy (non-hydrogen) atoms. The molecule has 1 atom stereocenters. The highest BCUT2D eigenvalue weighted by atomic mass is 16.2. The van der Waals surface area contributed by atoms with Crippen molar-refractivity contribution in [1.82, 2.24) is 4.98 Å². The molecule has 0 N–H and O–H groups in total. The standard InChI is InChI=1S/C26H25NO2/c1-4-10-21(20-11-6-5-7-12-20)15-18(2)19(3)25-24(28)17-22(26(25)29)16-23-13-8-9-14-27-23/h5-16,25H,3-4,17H2,1-2H3/b18-15-,21-10+,22-16+. The number of hydrogen-bond donors (Lipinski definition) is 0. The smallest absolute Gasteiger partial charge is 0.174 e. The summed E-state index contributed by atoms with van der Waals surface area (Å²) in [6.07, 6.45) is 8.54. The minimum atomic E-state index is -0.806. The van der Waals surface area contributed by atoms with Crippen LogP contribution < -0.4 is 0 Å². The molecule has 0 radical (unpaired) electrons. The number of allylic oxidation sites excluding steroid dienone is 6. The van der Waals surface area contributed by atoms with Gasteiger partial charge in [0.15, 0.2) is 11.6 Å². The van der Waals surface area contributed by atoms with E-state index in [1.165, 1.54) is 0 Å². The second-order valence-electron chi connectivity index (χ2n) is 7.15. The zero-order valence-corrected chi connectivity index (χ0v) is 16.9. The Morgan fingerprint density at radius 1 is 1.14 bits per heavy atom. The fraction of sp³-hybridized carbons (Fsp3) is 0.192. The zero-order valence-electron chi connectivity index (χ0n) is 16.9. The van der Waals surface area contributed by atoms with Gasteiger partial charge in [-0.05, 0) is 53.8 Å². The minimum Gasteiger partial charge on any atom is -0.298 e. The van der Waals surface area contributed by atoms with E-state index in [1.807, 2.05) is 61.5 Å². The van der Waals surface area contributed by atoms with Crippen LogP contribution in [0.5, 0.6) is 0 Å². The van der Waals surface area contributed by atoms with Gasteiger partial charge in [-0.3, -0.25) is 14.6 Å². The normalized spacial score (nSPS) is 19.1. The molecule has 1 saturated carbocycles. The van der Waals surface area contributed by atoms with Crippen molar-refractivity contribution in [3.8, 4) is 0 Å². The van der Waals surface area contributed by atoms with E-state index in [-0.39, 0.29) is 18.0 Å². The maximum Gasteiger partial charge on any atom is 0.174 e. The first-order chi connectivity index (χ1) is 14.0. The predicted octanol–water partition coefficient (Wildman–Crippen LogP) is 5.62. The Bertz CT molecular complexity index is 1010. The summed E-state index contributed by atoms with van der Waals surface area (Å²) in [6.45, 7) is 8.10. The first kappa shape index (κ1) is 20.4. The van der Waals surface area contributed by atoms with Crippen molar-refractivity contribution in [2.24, 2.45) is 5.92 Å². The van der Waals surface area contributed by atoms with Crippen LogP contribution in [-0.2, 0) is 9.59 Å². The highest BCUT2D eigenvalue weighted by Crippen LogP contribution is 2.33. The molecule has 0 saturated heterocycles. The van der Waals surface area contributed by atoms with Crippen molar-refractivity contribution in [2.45, 2.75) is 26.7 Å². The Kier molecular flexibility index (Phi) is 6.50. The largest absolute Gasteiger partial charge is 0.298 e. The molecule has 3 heteroatoms. The van der Waals surface area contributed by atoms with Crippen molar-refractivity contribution in [2.75, 3.05) is 0 Å². The van der Waals surface area contributed by atoms with Crippen LogP contribution in [0.2, 0.25) is 0 Å². The maximum atomic E-state index is 12.9. The van der Waals surface area contributed by atoms with E-state index in [1.54, 1.807) is 12.3 Å². The number of Topliss-reactive ketones (excluding diaryl/α,β-unsaturated/α-hetero) is 2. The molecule has 0 bridgehead atoms. The molecule has 1 unspecified atom stereocenters. The van der Waals surface area contributed by atoms with Crippen molar-refractivity contribution >= 4 is 23.2 Å². The summed E-state index contributed by atoms with van der Waals surface area (Å²) in [6, 6.07) is 15.6. The third-order valence-electron chi connectivity index (χ3n) is 5.03. The first-order valence-electron chi connectivity index (χ1n) is 9.82. The second-order valence-corrected chi connectivity index (χ2v) is 7.15. The van der Waals surface area contributed by atoms with Gasteiger partial charge in [0, 0.05) is 18.2 Å². The summed E-state index contributed by atoms with van der Waals surface area (Å²) >= 11 is 0. The van der Waals surface area contributed by atoms with E-state index in [0.29, 0.717) is 16.8 Å². The Morgan fingerprint density at radius 2 is 1.86 bits per heavy atom. The molecular formula is C26H25NO2. The lowest BCUT2D eigenvalue weighted by molar-refractivity contribution is -0.124. The number of carbonyl (C=O) groups is 2. The maximum absolute atomic E-state index is 12.9. The van der Waals surface area contributed by atoms with Gasteiger partial charge in [-0.15, -0.1) is 0 Å². The highest BCUT2D eigenvalue weighted by Gasteiger charge is 2.39. The molecule has 1 aromatic heterocycles. The van der Waals surface area contributed by atoms with Gasteiger partial charge in [-0.2, -0.15) is 0 Å². The van der Waals surface area contributed by atoms with Crippen molar-refractivity contribution < 1.29 is 9.59 Å². The topological polar surface area (TPSA) is 47.0 Å². The number of carbonyl (C=O) groups excluding carboxylic acids is 2. The molecular weight excluding hydrogens is 358 g/mol. The quantitative estimate of drug-likeness (QED) is 0.369. The zero-order chi connectivity index (χ0) is 20.8. The Morgan fingerprint density at radius 3 is 2.52 bits per heavy atom. The number of ketones is 2. The van der Waals surface area contributed by atoms with Gasteiger partial charge in [-0.25, -0.2) is 0 Å². The van der Waals surface area contributed by atoms with Crippen LogP contribution in [-0.4, -0.2) is 16.6 Å². The molecule has 1 aromatic carbocycles. The van der Waals surface area contributed by atoms with E-state index in [4.69, 9.17) is 0 Å². The Labute approximate surface area is 172 Å². The molecule has 3 nitrogen and oxygen atoms in total. The molecule has 0 aliphatic heterocycles. The van der Waals surface area contributed by atoms with Crippen LogP contribution in [0, 0.1) is 5.92 Å². The summed E-state index contributed by atoms with van der Waals surface area (Å²) in [5.41, 5.74) is 4.76. The molecule has 2 aromatic rings. The second kappa shape index (κ2) is 9.24. The fourth-order valence-electron chi connectivity index (χ4n) is 3.49. The first-order valence-corrected chi connectivity index (χ1v) is 9.82. The van der Waals surface area contributed by atoms with Crippen molar-refractivity contribution in [1.29, 1.82) is 0 Å². The lowest BCUT2D eigenvalue weighted by atomic mass is 9.89.